The molecular formula is C13H25N3O3. The normalized spacial score (nSPS) is 19.4. The van der Waals surface area contributed by atoms with Gasteiger partial charge < -0.3 is 19.8 Å². The fraction of sp³-hybridized carbons (Fsp3) is 0.846. The highest BCUT2D eigenvalue weighted by Gasteiger charge is 2.25. The lowest BCUT2D eigenvalue weighted by Gasteiger charge is -2.30. The third kappa shape index (κ3) is 4.70. The molecule has 0 aromatic rings. The number of urea groups is 1. The molecule has 6 nitrogen and oxygen atoms in total. The van der Waals surface area contributed by atoms with E-state index in [1.807, 2.05) is 6.92 Å². The van der Waals surface area contributed by atoms with E-state index in [-0.39, 0.29) is 19.0 Å². The first kappa shape index (κ1) is 15.8. The fourth-order valence-electron chi connectivity index (χ4n) is 2.47. The van der Waals surface area contributed by atoms with Crippen molar-refractivity contribution >= 4 is 12.0 Å². The van der Waals surface area contributed by atoms with Gasteiger partial charge in [-0.25, -0.2) is 4.79 Å². The highest BCUT2D eigenvalue weighted by Crippen LogP contribution is 2.15. The molecule has 0 aromatic heterocycles. The van der Waals surface area contributed by atoms with Gasteiger partial charge in [0.05, 0.1) is 6.42 Å². The van der Waals surface area contributed by atoms with Gasteiger partial charge in [0.25, 0.3) is 0 Å². The quantitative estimate of drug-likeness (QED) is 0.780. The van der Waals surface area contributed by atoms with Gasteiger partial charge in [0.15, 0.2) is 0 Å². The summed E-state index contributed by atoms with van der Waals surface area (Å²) in [6.45, 7) is 4.48. The van der Waals surface area contributed by atoms with Crippen LogP contribution in [-0.4, -0.2) is 78.1 Å². The maximum absolute atomic E-state index is 12.2. The third-order valence-corrected chi connectivity index (χ3v) is 3.73. The first-order valence-corrected chi connectivity index (χ1v) is 6.87. The summed E-state index contributed by atoms with van der Waals surface area (Å²) in [6.07, 6.45) is 2.30. The van der Waals surface area contributed by atoms with Crippen LogP contribution < -0.4 is 0 Å². The molecule has 1 heterocycles. The average Bonchev–Trinajstić information content (AvgIpc) is 2.75. The molecule has 1 N–H and O–H groups in total. The Morgan fingerprint density at radius 3 is 2.58 bits per heavy atom. The van der Waals surface area contributed by atoms with Crippen LogP contribution in [0.3, 0.4) is 0 Å². The Kier molecular flexibility index (Phi) is 6.08. The molecular weight excluding hydrogens is 246 g/mol. The highest BCUT2D eigenvalue weighted by molar-refractivity contribution is 5.75. The lowest BCUT2D eigenvalue weighted by molar-refractivity contribution is -0.137. The summed E-state index contributed by atoms with van der Waals surface area (Å²) in [5.74, 6) is -0.871. The van der Waals surface area contributed by atoms with Crippen molar-refractivity contribution in [3.8, 4) is 0 Å². The van der Waals surface area contributed by atoms with E-state index in [9.17, 15) is 9.59 Å². The molecule has 2 amide bonds. The summed E-state index contributed by atoms with van der Waals surface area (Å²) < 4.78 is 0. The van der Waals surface area contributed by atoms with Crippen molar-refractivity contribution < 1.29 is 14.7 Å². The standard InChI is InChI=1S/C13H25N3O3/c1-4-16(9-7-12(17)18)13(19)15(3)10-11-6-5-8-14(11)2/h11H,4-10H2,1-3H3,(H,17,18). The molecule has 0 radical (unpaired) electrons. The SMILES string of the molecule is CCN(CCC(=O)O)C(=O)N(C)CC1CCCN1C. The Balaban J connectivity index is 2.46. The van der Waals surface area contributed by atoms with Crippen LogP contribution in [0, 0.1) is 0 Å². The van der Waals surface area contributed by atoms with Crippen molar-refractivity contribution in [3.63, 3.8) is 0 Å². The van der Waals surface area contributed by atoms with Crippen molar-refractivity contribution in [2.24, 2.45) is 0 Å². The van der Waals surface area contributed by atoms with Gasteiger partial charge in [-0.1, -0.05) is 0 Å². The number of amides is 2. The van der Waals surface area contributed by atoms with E-state index in [1.54, 1.807) is 16.8 Å². The first-order valence-electron chi connectivity index (χ1n) is 6.87. The summed E-state index contributed by atoms with van der Waals surface area (Å²) in [5, 5.41) is 8.68. The molecule has 0 spiro atoms. The maximum atomic E-state index is 12.2. The number of carbonyl (C=O) groups is 2. The molecule has 0 bridgehead atoms. The van der Waals surface area contributed by atoms with Gasteiger partial charge in [0, 0.05) is 32.7 Å². The van der Waals surface area contributed by atoms with E-state index in [2.05, 4.69) is 11.9 Å². The second-order valence-electron chi connectivity index (χ2n) is 5.16. The lowest BCUT2D eigenvalue weighted by atomic mass is 10.2. The van der Waals surface area contributed by atoms with Crippen molar-refractivity contribution in [3.05, 3.63) is 0 Å². The second kappa shape index (κ2) is 7.33. The summed E-state index contributed by atoms with van der Waals surface area (Å²) in [4.78, 5) is 28.4. The molecule has 19 heavy (non-hydrogen) atoms. The van der Waals surface area contributed by atoms with Gasteiger partial charge in [-0.15, -0.1) is 0 Å². The van der Waals surface area contributed by atoms with Crippen LogP contribution in [0.1, 0.15) is 26.2 Å². The number of rotatable bonds is 6. The van der Waals surface area contributed by atoms with E-state index >= 15 is 0 Å². The van der Waals surface area contributed by atoms with Gasteiger partial charge in [-0.05, 0) is 33.4 Å². The number of carboxylic acid groups (broad SMARTS) is 1. The molecule has 1 aliphatic rings. The molecule has 0 saturated carbocycles. The summed E-state index contributed by atoms with van der Waals surface area (Å²) in [5.41, 5.74) is 0. The Bertz CT molecular complexity index is 322. The van der Waals surface area contributed by atoms with Crippen LogP contribution >= 0.6 is 0 Å². The van der Waals surface area contributed by atoms with Crippen molar-refractivity contribution in [2.45, 2.75) is 32.2 Å². The topological polar surface area (TPSA) is 64.1 Å². The summed E-state index contributed by atoms with van der Waals surface area (Å²) in [7, 11) is 3.87. The molecule has 1 rings (SSSR count). The predicted octanol–water partition coefficient (Wildman–Crippen LogP) is 0.929. The zero-order valence-corrected chi connectivity index (χ0v) is 12.1. The molecule has 1 saturated heterocycles. The van der Waals surface area contributed by atoms with Crippen LogP contribution in [0.25, 0.3) is 0 Å². The Hall–Kier alpha value is -1.30. The molecule has 1 atom stereocenters. The van der Waals surface area contributed by atoms with Gasteiger partial charge in [0.2, 0.25) is 0 Å². The van der Waals surface area contributed by atoms with Gasteiger partial charge >= 0.3 is 12.0 Å². The Morgan fingerprint density at radius 1 is 1.42 bits per heavy atom. The monoisotopic (exact) mass is 271 g/mol. The zero-order chi connectivity index (χ0) is 14.4. The zero-order valence-electron chi connectivity index (χ0n) is 12.1. The van der Waals surface area contributed by atoms with E-state index in [1.165, 1.54) is 6.42 Å². The van der Waals surface area contributed by atoms with Crippen molar-refractivity contribution in [2.75, 3.05) is 40.3 Å². The van der Waals surface area contributed by atoms with Crippen molar-refractivity contribution in [1.82, 2.24) is 14.7 Å². The van der Waals surface area contributed by atoms with Crippen LogP contribution in [-0.2, 0) is 4.79 Å². The largest absolute Gasteiger partial charge is 0.481 e. The molecule has 6 heteroatoms. The maximum Gasteiger partial charge on any atom is 0.319 e. The van der Waals surface area contributed by atoms with Gasteiger partial charge in [0.1, 0.15) is 0 Å². The minimum Gasteiger partial charge on any atom is -0.481 e. The number of likely N-dealkylation sites (tertiary alicyclic amines) is 1. The third-order valence-electron chi connectivity index (χ3n) is 3.73. The van der Waals surface area contributed by atoms with Crippen molar-refractivity contribution in [1.29, 1.82) is 0 Å². The van der Waals surface area contributed by atoms with Crippen LogP contribution in [0.4, 0.5) is 4.79 Å². The fourth-order valence-corrected chi connectivity index (χ4v) is 2.47. The number of hydrogen-bond donors (Lipinski definition) is 1. The number of likely N-dealkylation sites (N-methyl/N-ethyl adjacent to an activating group) is 2. The summed E-state index contributed by atoms with van der Waals surface area (Å²) in [6, 6.07) is 0.344. The van der Waals surface area contributed by atoms with E-state index in [0.29, 0.717) is 19.1 Å². The van der Waals surface area contributed by atoms with E-state index < -0.39 is 5.97 Å². The van der Waals surface area contributed by atoms with Gasteiger partial charge in [-0.3, -0.25) is 4.79 Å². The molecule has 1 fully saturated rings. The highest BCUT2D eigenvalue weighted by atomic mass is 16.4. The van der Waals surface area contributed by atoms with Crippen LogP contribution in [0.15, 0.2) is 0 Å². The lowest BCUT2D eigenvalue weighted by Crippen LogP contribution is -2.46. The number of aliphatic carboxylic acids is 1. The molecule has 0 aliphatic carbocycles. The first-order chi connectivity index (χ1) is 8.95. The van der Waals surface area contributed by atoms with E-state index in [4.69, 9.17) is 5.11 Å². The number of carboxylic acids is 1. The number of nitrogens with zero attached hydrogens (tertiary/aromatic N) is 3. The van der Waals surface area contributed by atoms with Crippen LogP contribution in [0.2, 0.25) is 0 Å². The summed E-state index contributed by atoms with van der Waals surface area (Å²) >= 11 is 0. The van der Waals surface area contributed by atoms with Crippen LogP contribution in [0.5, 0.6) is 0 Å². The Morgan fingerprint density at radius 2 is 2.11 bits per heavy atom. The second-order valence-corrected chi connectivity index (χ2v) is 5.16. The molecule has 1 unspecified atom stereocenters. The Labute approximate surface area is 115 Å². The van der Waals surface area contributed by atoms with E-state index in [0.717, 1.165) is 13.0 Å². The molecule has 0 aromatic carbocycles. The predicted molar refractivity (Wildman–Crippen MR) is 73.2 cm³/mol. The minimum absolute atomic E-state index is 0.00322. The number of hydrogen-bond acceptors (Lipinski definition) is 3. The smallest absolute Gasteiger partial charge is 0.319 e. The molecule has 110 valence electrons. The average molecular weight is 271 g/mol. The molecule has 1 aliphatic heterocycles. The minimum atomic E-state index is -0.871. The number of carbonyl (C=O) groups excluding carboxylic acids is 1. The van der Waals surface area contributed by atoms with Gasteiger partial charge in [-0.2, -0.15) is 0 Å².